The van der Waals surface area contributed by atoms with Gasteiger partial charge in [-0.1, -0.05) is 194 Å². The van der Waals surface area contributed by atoms with E-state index in [0.29, 0.717) is 0 Å². The summed E-state index contributed by atoms with van der Waals surface area (Å²) in [5.41, 5.74) is 15.3. The van der Waals surface area contributed by atoms with Gasteiger partial charge in [0, 0.05) is 17.1 Å². The highest BCUT2D eigenvalue weighted by atomic mass is 15.1. The van der Waals surface area contributed by atoms with Crippen LogP contribution in [-0.4, -0.2) is 0 Å². The SMILES string of the molecule is c1ccc(C2(c3ccccc3)c3ccccc3-c3ccc(N(c4ccc(-c5cccc6ccccc56)cc4)c4cccc(-c5ccc6ccccc6c5)c4)cc32)cc1. The summed E-state index contributed by atoms with van der Waals surface area (Å²) in [5, 5.41) is 4.99. The van der Waals surface area contributed by atoms with E-state index in [4.69, 9.17) is 0 Å². The van der Waals surface area contributed by atoms with Crippen LogP contribution in [-0.2, 0) is 5.41 Å². The maximum Gasteiger partial charge on any atom is 0.0714 e. The van der Waals surface area contributed by atoms with Crippen molar-refractivity contribution in [3.63, 3.8) is 0 Å². The summed E-state index contributed by atoms with van der Waals surface area (Å²) in [6.07, 6.45) is 0. The summed E-state index contributed by atoms with van der Waals surface area (Å²) < 4.78 is 0. The molecule has 1 heteroatoms. The molecule has 0 aliphatic heterocycles. The van der Waals surface area contributed by atoms with Crippen molar-refractivity contribution >= 4 is 38.6 Å². The minimum absolute atomic E-state index is 0.499. The minimum Gasteiger partial charge on any atom is -0.310 e. The van der Waals surface area contributed by atoms with E-state index in [0.717, 1.165) is 17.1 Å². The maximum atomic E-state index is 2.46. The average molecular weight is 738 g/mol. The molecule has 272 valence electrons. The molecule has 0 amide bonds. The fourth-order valence-corrected chi connectivity index (χ4v) is 9.48. The first kappa shape index (κ1) is 33.8. The van der Waals surface area contributed by atoms with Crippen LogP contribution in [0, 0.1) is 0 Å². The number of hydrogen-bond acceptors (Lipinski definition) is 1. The lowest BCUT2D eigenvalue weighted by atomic mass is 9.67. The number of nitrogens with zero attached hydrogens (tertiary/aromatic N) is 1. The summed E-state index contributed by atoms with van der Waals surface area (Å²) in [4.78, 5) is 2.43. The molecule has 0 aromatic heterocycles. The van der Waals surface area contributed by atoms with E-state index in [2.05, 4.69) is 241 Å². The van der Waals surface area contributed by atoms with Gasteiger partial charge in [0.1, 0.15) is 0 Å². The van der Waals surface area contributed by atoms with Crippen LogP contribution >= 0.6 is 0 Å². The van der Waals surface area contributed by atoms with Crippen LogP contribution in [0.4, 0.5) is 17.1 Å². The van der Waals surface area contributed by atoms with Gasteiger partial charge < -0.3 is 4.90 Å². The molecule has 1 nitrogen and oxygen atoms in total. The third kappa shape index (κ3) is 5.47. The Labute approximate surface area is 339 Å². The Bertz CT molecular complexity index is 3060. The highest BCUT2D eigenvalue weighted by Crippen LogP contribution is 2.57. The van der Waals surface area contributed by atoms with Gasteiger partial charge in [0.15, 0.2) is 0 Å². The van der Waals surface area contributed by atoms with Gasteiger partial charge in [0.05, 0.1) is 5.41 Å². The molecule has 0 radical (unpaired) electrons. The number of hydrogen-bond donors (Lipinski definition) is 0. The molecule has 0 saturated heterocycles. The van der Waals surface area contributed by atoms with Crippen LogP contribution in [0.3, 0.4) is 0 Å². The first-order chi connectivity index (χ1) is 28.8. The number of rotatable bonds is 7. The molecule has 10 aromatic carbocycles. The molecule has 58 heavy (non-hydrogen) atoms. The van der Waals surface area contributed by atoms with Crippen molar-refractivity contribution in [2.75, 3.05) is 4.90 Å². The highest BCUT2D eigenvalue weighted by Gasteiger charge is 2.46. The molecule has 0 spiro atoms. The third-order valence-corrected chi connectivity index (χ3v) is 12.1. The van der Waals surface area contributed by atoms with Crippen LogP contribution in [0.2, 0.25) is 0 Å². The van der Waals surface area contributed by atoms with E-state index in [9.17, 15) is 0 Å². The third-order valence-electron chi connectivity index (χ3n) is 12.1. The summed E-state index contributed by atoms with van der Waals surface area (Å²) in [6.45, 7) is 0. The minimum atomic E-state index is -0.499. The van der Waals surface area contributed by atoms with Gasteiger partial charge in [-0.25, -0.2) is 0 Å². The fraction of sp³-hybridized carbons (Fsp3) is 0.0175. The van der Waals surface area contributed by atoms with E-state index in [1.54, 1.807) is 0 Å². The van der Waals surface area contributed by atoms with Crippen LogP contribution in [0.1, 0.15) is 22.3 Å². The van der Waals surface area contributed by atoms with Crippen LogP contribution in [0.5, 0.6) is 0 Å². The van der Waals surface area contributed by atoms with Crippen LogP contribution in [0.15, 0.2) is 237 Å². The van der Waals surface area contributed by atoms with Gasteiger partial charge in [0.2, 0.25) is 0 Å². The zero-order valence-corrected chi connectivity index (χ0v) is 32.0. The van der Waals surface area contributed by atoms with Crippen molar-refractivity contribution in [1.29, 1.82) is 0 Å². The quantitative estimate of drug-likeness (QED) is 0.157. The normalized spacial score (nSPS) is 12.6. The lowest BCUT2D eigenvalue weighted by molar-refractivity contribution is 0.768. The van der Waals surface area contributed by atoms with E-state index in [-0.39, 0.29) is 0 Å². The second kappa shape index (κ2) is 13.9. The zero-order valence-electron chi connectivity index (χ0n) is 32.0. The zero-order chi connectivity index (χ0) is 38.5. The van der Waals surface area contributed by atoms with E-state index in [1.165, 1.54) is 77.2 Å². The lowest BCUT2D eigenvalue weighted by Crippen LogP contribution is -2.28. The molecule has 0 atom stereocenters. The standard InChI is InChI=1S/C57H39N/c1-3-20-46(21-4-1)57(47-22-5-2-6-23-47)55-28-12-11-26-53(55)54-36-35-50(39-56(54)57)58(48-33-31-42(32-34-48)52-27-14-18-41-16-9-10-25-51(41)52)49-24-13-19-44(38-49)45-30-29-40-15-7-8-17-43(40)37-45/h1-39H. The predicted octanol–water partition coefficient (Wildman–Crippen LogP) is 15.2. The van der Waals surface area contributed by atoms with Gasteiger partial charge in [-0.3, -0.25) is 0 Å². The number of fused-ring (bicyclic) bond motifs is 5. The van der Waals surface area contributed by atoms with E-state index >= 15 is 0 Å². The van der Waals surface area contributed by atoms with Gasteiger partial charge in [-0.05, 0) is 120 Å². The van der Waals surface area contributed by atoms with Gasteiger partial charge >= 0.3 is 0 Å². The molecule has 0 bridgehead atoms. The number of benzene rings is 10. The molecule has 11 rings (SSSR count). The topological polar surface area (TPSA) is 3.24 Å². The van der Waals surface area contributed by atoms with Gasteiger partial charge in [0.25, 0.3) is 0 Å². The van der Waals surface area contributed by atoms with E-state index in [1.807, 2.05) is 0 Å². The van der Waals surface area contributed by atoms with Crippen molar-refractivity contribution in [2.24, 2.45) is 0 Å². The second-order valence-corrected chi connectivity index (χ2v) is 15.3. The molecular formula is C57H39N. The average Bonchev–Trinajstić information content (AvgIpc) is 3.60. The van der Waals surface area contributed by atoms with E-state index < -0.39 is 5.41 Å². The highest BCUT2D eigenvalue weighted by molar-refractivity contribution is 5.97. The van der Waals surface area contributed by atoms with Gasteiger partial charge in [-0.2, -0.15) is 0 Å². The van der Waals surface area contributed by atoms with Gasteiger partial charge in [-0.15, -0.1) is 0 Å². The Hall–Kier alpha value is -7.48. The monoisotopic (exact) mass is 737 g/mol. The summed E-state index contributed by atoms with van der Waals surface area (Å²) >= 11 is 0. The Balaban J connectivity index is 1.12. The Morgan fingerprint density at radius 3 is 1.62 bits per heavy atom. The molecule has 0 saturated carbocycles. The molecule has 0 fully saturated rings. The van der Waals surface area contributed by atoms with Crippen molar-refractivity contribution in [2.45, 2.75) is 5.41 Å². The van der Waals surface area contributed by atoms with Crippen molar-refractivity contribution < 1.29 is 0 Å². The Kier molecular flexibility index (Phi) is 8.12. The molecule has 1 aliphatic rings. The van der Waals surface area contributed by atoms with Crippen LogP contribution < -0.4 is 4.90 Å². The number of anilines is 3. The molecule has 1 aliphatic carbocycles. The first-order valence-corrected chi connectivity index (χ1v) is 20.1. The summed E-state index contributed by atoms with van der Waals surface area (Å²) in [7, 11) is 0. The van der Waals surface area contributed by atoms with Crippen molar-refractivity contribution in [1.82, 2.24) is 0 Å². The molecule has 10 aromatic rings. The summed E-state index contributed by atoms with van der Waals surface area (Å²) in [5.74, 6) is 0. The predicted molar refractivity (Wildman–Crippen MR) is 244 cm³/mol. The molecular weight excluding hydrogens is 699 g/mol. The first-order valence-electron chi connectivity index (χ1n) is 20.1. The molecule has 0 N–H and O–H groups in total. The Morgan fingerprint density at radius 1 is 0.276 bits per heavy atom. The second-order valence-electron chi connectivity index (χ2n) is 15.3. The van der Waals surface area contributed by atoms with Crippen LogP contribution in [0.25, 0.3) is 54.9 Å². The largest absolute Gasteiger partial charge is 0.310 e. The smallest absolute Gasteiger partial charge is 0.0714 e. The Morgan fingerprint density at radius 2 is 0.828 bits per heavy atom. The van der Waals surface area contributed by atoms with Crippen molar-refractivity contribution in [3.05, 3.63) is 259 Å². The van der Waals surface area contributed by atoms with Crippen molar-refractivity contribution in [3.8, 4) is 33.4 Å². The fourth-order valence-electron chi connectivity index (χ4n) is 9.48. The maximum absolute atomic E-state index is 2.46. The molecule has 0 unspecified atom stereocenters. The summed E-state index contributed by atoms with van der Waals surface area (Å²) in [6, 6.07) is 86.9. The molecule has 0 heterocycles. The lowest BCUT2D eigenvalue weighted by Gasteiger charge is -2.35.